The van der Waals surface area contributed by atoms with Crippen molar-refractivity contribution in [2.45, 2.75) is 33.0 Å². The van der Waals surface area contributed by atoms with Gasteiger partial charge >= 0.3 is 0 Å². The maximum Gasteiger partial charge on any atom is 0.279 e. The standard InChI is InChI=1S/C13H21N3O2S/c1-3-6-16(2)19(17,18)15-8-11-4-5-12-9-14-10-13(12)7-11/h4-5,7,14-15H,3,6,8-10H2,1-2H3. The normalized spacial score (nSPS) is 14.9. The van der Waals surface area contributed by atoms with Gasteiger partial charge in [-0.05, 0) is 23.1 Å². The lowest BCUT2D eigenvalue weighted by Crippen LogP contribution is -2.38. The van der Waals surface area contributed by atoms with E-state index in [0.717, 1.165) is 25.1 Å². The third-order valence-corrected chi connectivity index (χ3v) is 4.82. The van der Waals surface area contributed by atoms with Crippen molar-refractivity contribution in [2.75, 3.05) is 13.6 Å². The Morgan fingerprint density at radius 1 is 1.32 bits per heavy atom. The van der Waals surface area contributed by atoms with E-state index in [-0.39, 0.29) is 0 Å². The summed E-state index contributed by atoms with van der Waals surface area (Å²) in [4.78, 5) is 0. The zero-order valence-electron chi connectivity index (χ0n) is 11.4. The van der Waals surface area contributed by atoms with E-state index in [0.29, 0.717) is 13.1 Å². The van der Waals surface area contributed by atoms with E-state index in [4.69, 9.17) is 0 Å². The third-order valence-electron chi connectivity index (χ3n) is 3.31. The molecule has 1 aliphatic rings. The first-order valence-corrected chi connectivity index (χ1v) is 7.99. The lowest BCUT2D eigenvalue weighted by atomic mass is 10.1. The summed E-state index contributed by atoms with van der Waals surface area (Å²) in [5, 5.41) is 3.28. The number of hydrogen-bond donors (Lipinski definition) is 2. The van der Waals surface area contributed by atoms with Crippen LogP contribution in [0.5, 0.6) is 0 Å². The summed E-state index contributed by atoms with van der Waals surface area (Å²) in [5.41, 5.74) is 3.56. The topological polar surface area (TPSA) is 61.4 Å². The van der Waals surface area contributed by atoms with Crippen LogP contribution in [0.1, 0.15) is 30.0 Å². The molecule has 0 amide bonds. The second kappa shape index (κ2) is 6.00. The molecular weight excluding hydrogens is 262 g/mol. The molecule has 0 bridgehead atoms. The average Bonchev–Trinajstić information content (AvgIpc) is 2.84. The number of rotatable bonds is 6. The molecule has 2 rings (SSSR count). The smallest absolute Gasteiger partial charge is 0.279 e. The molecule has 106 valence electrons. The van der Waals surface area contributed by atoms with Crippen LogP contribution in [0.15, 0.2) is 18.2 Å². The molecule has 0 radical (unpaired) electrons. The molecule has 0 saturated carbocycles. The fraction of sp³-hybridized carbons (Fsp3) is 0.538. The van der Waals surface area contributed by atoms with Crippen molar-refractivity contribution in [1.82, 2.24) is 14.3 Å². The second-order valence-corrected chi connectivity index (χ2v) is 6.72. The van der Waals surface area contributed by atoms with Gasteiger partial charge in [-0.1, -0.05) is 25.1 Å². The highest BCUT2D eigenvalue weighted by molar-refractivity contribution is 7.87. The van der Waals surface area contributed by atoms with Gasteiger partial charge in [0.25, 0.3) is 10.2 Å². The van der Waals surface area contributed by atoms with E-state index < -0.39 is 10.2 Å². The monoisotopic (exact) mass is 283 g/mol. The molecule has 0 unspecified atom stereocenters. The van der Waals surface area contributed by atoms with Gasteiger partial charge in [0.2, 0.25) is 0 Å². The highest BCUT2D eigenvalue weighted by atomic mass is 32.2. The van der Waals surface area contributed by atoms with Crippen LogP contribution >= 0.6 is 0 Å². The Bertz CT molecular complexity index is 543. The van der Waals surface area contributed by atoms with Gasteiger partial charge in [0.1, 0.15) is 0 Å². The van der Waals surface area contributed by atoms with Crippen LogP contribution in [-0.4, -0.2) is 26.3 Å². The lowest BCUT2D eigenvalue weighted by molar-refractivity contribution is 0.457. The van der Waals surface area contributed by atoms with Crippen LogP contribution in [0.3, 0.4) is 0 Å². The number of fused-ring (bicyclic) bond motifs is 1. The summed E-state index contributed by atoms with van der Waals surface area (Å²) in [6, 6.07) is 6.11. The minimum Gasteiger partial charge on any atom is -0.309 e. The summed E-state index contributed by atoms with van der Waals surface area (Å²) in [5.74, 6) is 0. The molecule has 0 aliphatic carbocycles. The molecule has 1 aromatic rings. The molecule has 0 saturated heterocycles. The molecule has 1 heterocycles. The summed E-state index contributed by atoms with van der Waals surface area (Å²) >= 11 is 0. The van der Waals surface area contributed by atoms with E-state index in [1.54, 1.807) is 7.05 Å². The predicted octanol–water partition coefficient (Wildman–Crippen LogP) is 0.966. The number of nitrogens with zero attached hydrogens (tertiary/aromatic N) is 1. The first-order chi connectivity index (χ1) is 9.03. The van der Waals surface area contributed by atoms with Gasteiger partial charge in [-0.2, -0.15) is 17.4 Å². The average molecular weight is 283 g/mol. The van der Waals surface area contributed by atoms with Crippen LogP contribution in [0.4, 0.5) is 0 Å². The molecule has 1 aliphatic heterocycles. The van der Waals surface area contributed by atoms with Gasteiger partial charge in [0.05, 0.1) is 0 Å². The van der Waals surface area contributed by atoms with Crippen molar-refractivity contribution in [2.24, 2.45) is 0 Å². The first-order valence-electron chi connectivity index (χ1n) is 6.55. The van der Waals surface area contributed by atoms with Gasteiger partial charge in [-0.15, -0.1) is 0 Å². The lowest BCUT2D eigenvalue weighted by Gasteiger charge is -2.17. The summed E-state index contributed by atoms with van der Waals surface area (Å²) in [7, 11) is -1.77. The molecule has 1 aromatic carbocycles. The first kappa shape index (κ1) is 14.5. The Morgan fingerprint density at radius 3 is 2.79 bits per heavy atom. The zero-order valence-corrected chi connectivity index (χ0v) is 12.3. The van der Waals surface area contributed by atoms with E-state index >= 15 is 0 Å². The Morgan fingerprint density at radius 2 is 2.05 bits per heavy atom. The largest absolute Gasteiger partial charge is 0.309 e. The highest BCUT2D eigenvalue weighted by Crippen LogP contribution is 2.17. The molecule has 0 fully saturated rings. The minimum atomic E-state index is -3.37. The Kier molecular flexibility index (Phi) is 4.57. The Balaban J connectivity index is 1.99. The van der Waals surface area contributed by atoms with Gasteiger partial charge in [-0.25, -0.2) is 0 Å². The van der Waals surface area contributed by atoms with Crippen LogP contribution in [0.2, 0.25) is 0 Å². The maximum absolute atomic E-state index is 11.9. The van der Waals surface area contributed by atoms with Crippen LogP contribution in [0.25, 0.3) is 0 Å². The van der Waals surface area contributed by atoms with Gasteiger partial charge in [0, 0.05) is 33.2 Å². The Hall–Kier alpha value is -0.950. The molecule has 5 nitrogen and oxygen atoms in total. The molecule has 0 aromatic heterocycles. The zero-order chi connectivity index (χ0) is 13.9. The summed E-state index contributed by atoms with van der Waals surface area (Å²) < 4.78 is 27.8. The van der Waals surface area contributed by atoms with Crippen molar-refractivity contribution >= 4 is 10.2 Å². The van der Waals surface area contributed by atoms with Crippen molar-refractivity contribution in [3.8, 4) is 0 Å². The maximum atomic E-state index is 11.9. The van der Waals surface area contributed by atoms with Gasteiger partial charge in [0.15, 0.2) is 0 Å². The highest BCUT2D eigenvalue weighted by Gasteiger charge is 2.16. The van der Waals surface area contributed by atoms with Crippen molar-refractivity contribution in [3.05, 3.63) is 34.9 Å². The van der Waals surface area contributed by atoms with E-state index in [1.807, 2.05) is 13.0 Å². The fourth-order valence-corrected chi connectivity index (χ4v) is 3.17. The quantitative estimate of drug-likeness (QED) is 0.817. The fourth-order valence-electron chi connectivity index (χ4n) is 2.18. The summed E-state index contributed by atoms with van der Waals surface area (Å²) in [6.45, 7) is 4.60. The second-order valence-electron chi connectivity index (χ2n) is 4.85. The molecule has 6 heteroatoms. The van der Waals surface area contributed by atoms with Crippen molar-refractivity contribution in [1.29, 1.82) is 0 Å². The summed E-state index contributed by atoms with van der Waals surface area (Å²) in [6.07, 6.45) is 0.807. The van der Waals surface area contributed by atoms with Crippen molar-refractivity contribution < 1.29 is 8.42 Å². The Labute approximate surface area is 115 Å². The van der Waals surface area contributed by atoms with E-state index in [9.17, 15) is 8.42 Å². The third kappa shape index (κ3) is 3.54. The SMILES string of the molecule is CCCN(C)S(=O)(=O)NCc1ccc2c(c1)CNC2. The minimum absolute atomic E-state index is 0.337. The van der Waals surface area contributed by atoms with Crippen LogP contribution in [0, 0.1) is 0 Å². The number of benzene rings is 1. The molecular formula is C13H21N3O2S. The number of nitrogens with one attached hydrogen (secondary N) is 2. The van der Waals surface area contributed by atoms with Gasteiger partial charge < -0.3 is 5.32 Å². The molecule has 0 spiro atoms. The molecule has 0 atom stereocenters. The van der Waals surface area contributed by atoms with Crippen LogP contribution < -0.4 is 10.0 Å². The molecule has 19 heavy (non-hydrogen) atoms. The van der Waals surface area contributed by atoms with Gasteiger partial charge in [-0.3, -0.25) is 0 Å². The number of hydrogen-bond acceptors (Lipinski definition) is 3. The van der Waals surface area contributed by atoms with E-state index in [2.05, 4.69) is 22.2 Å². The predicted molar refractivity (Wildman–Crippen MR) is 75.7 cm³/mol. The van der Waals surface area contributed by atoms with Crippen LogP contribution in [-0.2, 0) is 29.8 Å². The molecule has 2 N–H and O–H groups in total. The van der Waals surface area contributed by atoms with E-state index in [1.165, 1.54) is 15.4 Å². The van der Waals surface area contributed by atoms with Crippen molar-refractivity contribution in [3.63, 3.8) is 0 Å².